The molecule has 0 bridgehead atoms. The fraction of sp³-hybridized carbons (Fsp3) is 0.286. The first-order valence-corrected chi connectivity index (χ1v) is 6.36. The summed E-state index contributed by atoms with van der Waals surface area (Å²) in [6.45, 7) is 2.57. The lowest BCUT2D eigenvalue weighted by Crippen LogP contribution is -2.06. The molecule has 0 radical (unpaired) electrons. The van der Waals surface area contributed by atoms with Crippen LogP contribution in [0.3, 0.4) is 0 Å². The number of benzene rings is 1. The second-order valence-corrected chi connectivity index (χ2v) is 4.39. The van der Waals surface area contributed by atoms with Crippen LogP contribution in [0.4, 0.5) is 23.5 Å². The molecule has 0 saturated carbocycles. The predicted octanol–water partition coefficient (Wildman–Crippen LogP) is 4.12. The van der Waals surface area contributed by atoms with E-state index >= 15 is 0 Å². The Labute approximate surface area is 119 Å². The summed E-state index contributed by atoms with van der Waals surface area (Å²) in [5.41, 5.74) is -0.551. The zero-order chi connectivity index (χ0) is 15.5. The molecule has 0 aliphatic heterocycles. The van der Waals surface area contributed by atoms with E-state index < -0.39 is 17.6 Å². The fourth-order valence-corrected chi connectivity index (χ4v) is 1.71. The molecule has 0 amide bonds. The van der Waals surface area contributed by atoms with Crippen molar-refractivity contribution >= 4 is 5.95 Å². The molecule has 0 spiro atoms. The average Bonchev–Trinajstić information content (AvgIpc) is 2.46. The minimum atomic E-state index is -4.42. The fourth-order valence-electron chi connectivity index (χ4n) is 1.71. The second-order valence-electron chi connectivity index (χ2n) is 4.39. The molecular formula is C14H13F4N3. The lowest BCUT2D eigenvalue weighted by atomic mass is 10.1. The third kappa shape index (κ3) is 3.68. The van der Waals surface area contributed by atoms with Gasteiger partial charge in [0.2, 0.25) is 5.95 Å². The molecule has 112 valence electrons. The Kier molecular flexibility index (Phi) is 4.40. The van der Waals surface area contributed by atoms with E-state index in [1.807, 2.05) is 6.92 Å². The molecule has 3 nitrogen and oxygen atoms in total. The van der Waals surface area contributed by atoms with Gasteiger partial charge in [0.1, 0.15) is 5.69 Å². The van der Waals surface area contributed by atoms with Gasteiger partial charge in [0.05, 0.1) is 11.8 Å². The first kappa shape index (κ1) is 15.2. The van der Waals surface area contributed by atoms with Gasteiger partial charge in [0.15, 0.2) is 5.82 Å². The molecule has 21 heavy (non-hydrogen) atoms. The number of nitrogens with zero attached hydrogens (tertiary/aromatic N) is 2. The van der Waals surface area contributed by atoms with E-state index in [1.54, 1.807) is 0 Å². The van der Waals surface area contributed by atoms with Gasteiger partial charge in [-0.1, -0.05) is 19.1 Å². The highest BCUT2D eigenvalue weighted by atomic mass is 19.4. The maximum atomic E-state index is 13.7. The molecule has 1 aromatic carbocycles. The van der Waals surface area contributed by atoms with Gasteiger partial charge in [-0.3, -0.25) is 0 Å². The van der Waals surface area contributed by atoms with E-state index in [1.165, 1.54) is 12.1 Å². The van der Waals surface area contributed by atoms with Crippen LogP contribution in [-0.2, 0) is 6.18 Å². The standard InChI is InChI=1S/C14H13F4N3/c1-2-7-19-13-20-8-11(15)12(21-13)9-3-5-10(6-4-9)14(16,17)18/h3-6,8H,2,7H2,1H3,(H,19,20,21). The Morgan fingerprint density at radius 3 is 2.38 bits per heavy atom. The van der Waals surface area contributed by atoms with Crippen LogP contribution in [-0.4, -0.2) is 16.5 Å². The van der Waals surface area contributed by atoms with E-state index in [0.29, 0.717) is 6.54 Å². The Hall–Kier alpha value is -2.18. The first-order valence-electron chi connectivity index (χ1n) is 6.36. The quantitative estimate of drug-likeness (QED) is 0.863. The highest BCUT2D eigenvalue weighted by Gasteiger charge is 2.30. The molecule has 0 fully saturated rings. The number of rotatable bonds is 4. The highest BCUT2D eigenvalue weighted by Crippen LogP contribution is 2.31. The molecule has 1 aromatic heterocycles. The van der Waals surface area contributed by atoms with Gasteiger partial charge in [-0.25, -0.2) is 14.4 Å². The van der Waals surface area contributed by atoms with Crippen molar-refractivity contribution in [1.82, 2.24) is 9.97 Å². The topological polar surface area (TPSA) is 37.8 Å². The number of halogens is 4. The van der Waals surface area contributed by atoms with Gasteiger partial charge >= 0.3 is 6.18 Å². The van der Waals surface area contributed by atoms with E-state index in [2.05, 4.69) is 15.3 Å². The molecular weight excluding hydrogens is 286 g/mol. The van der Waals surface area contributed by atoms with Crippen molar-refractivity contribution in [2.24, 2.45) is 0 Å². The summed E-state index contributed by atoms with van der Waals surface area (Å²) in [7, 11) is 0. The first-order chi connectivity index (χ1) is 9.91. The summed E-state index contributed by atoms with van der Waals surface area (Å²) in [6, 6.07) is 4.18. The summed E-state index contributed by atoms with van der Waals surface area (Å²) in [5.74, 6) is -0.440. The Balaban J connectivity index is 2.32. The van der Waals surface area contributed by atoms with Crippen molar-refractivity contribution in [3.63, 3.8) is 0 Å². The molecule has 1 heterocycles. The van der Waals surface area contributed by atoms with Crippen LogP contribution in [0.5, 0.6) is 0 Å². The van der Waals surface area contributed by atoms with Crippen molar-refractivity contribution in [3.05, 3.63) is 41.8 Å². The maximum Gasteiger partial charge on any atom is 0.416 e. The maximum absolute atomic E-state index is 13.7. The lowest BCUT2D eigenvalue weighted by molar-refractivity contribution is -0.137. The number of hydrogen-bond donors (Lipinski definition) is 1. The molecule has 0 unspecified atom stereocenters. The molecule has 7 heteroatoms. The van der Waals surface area contributed by atoms with E-state index in [9.17, 15) is 17.6 Å². The van der Waals surface area contributed by atoms with Gasteiger partial charge in [-0.2, -0.15) is 13.2 Å². The average molecular weight is 299 g/mol. The Morgan fingerprint density at radius 1 is 1.14 bits per heavy atom. The predicted molar refractivity (Wildman–Crippen MR) is 71.2 cm³/mol. The lowest BCUT2D eigenvalue weighted by Gasteiger charge is -2.09. The van der Waals surface area contributed by atoms with Crippen LogP contribution < -0.4 is 5.32 Å². The largest absolute Gasteiger partial charge is 0.416 e. The summed E-state index contributed by atoms with van der Waals surface area (Å²) in [4.78, 5) is 7.77. The number of alkyl halides is 3. The van der Waals surface area contributed by atoms with Crippen LogP contribution in [0, 0.1) is 5.82 Å². The van der Waals surface area contributed by atoms with E-state index in [-0.39, 0.29) is 17.2 Å². The monoisotopic (exact) mass is 299 g/mol. The number of aromatic nitrogens is 2. The van der Waals surface area contributed by atoms with Gasteiger partial charge in [-0.15, -0.1) is 0 Å². The molecule has 0 atom stereocenters. The molecule has 1 N–H and O–H groups in total. The van der Waals surface area contributed by atoms with Crippen LogP contribution in [0.2, 0.25) is 0 Å². The smallest absolute Gasteiger partial charge is 0.354 e. The molecule has 0 aliphatic rings. The van der Waals surface area contributed by atoms with Gasteiger partial charge < -0.3 is 5.32 Å². The zero-order valence-corrected chi connectivity index (χ0v) is 11.2. The van der Waals surface area contributed by atoms with Crippen LogP contribution in [0.25, 0.3) is 11.3 Å². The zero-order valence-electron chi connectivity index (χ0n) is 11.2. The molecule has 0 aliphatic carbocycles. The second kappa shape index (κ2) is 6.07. The van der Waals surface area contributed by atoms with Gasteiger partial charge in [0, 0.05) is 12.1 Å². The van der Waals surface area contributed by atoms with Gasteiger partial charge in [0.25, 0.3) is 0 Å². The molecule has 0 saturated heterocycles. The van der Waals surface area contributed by atoms with Crippen molar-refractivity contribution in [2.75, 3.05) is 11.9 Å². The normalized spacial score (nSPS) is 11.5. The van der Waals surface area contributed by atoms with Crippen molar-refractivity contribution < 1.29 is 17.6 Å². The summed E-state index contributed by atoms with van der Waals surface area (Å²) in [6.07, 6.45) is -2.58. The van der Waals surface area contributed by atoms with Gasteiger partial charge in [-0.05, 0) is 18.6 Å². The van der Waals surface area contributed by atoms with Crippen molar-refractivity contribution in [3.8, 4) is 11.3 Å². The van der Waals surface area contributed by atoms with Crippen LogP contribution in [0.1, 0.15) is 18.9 Å². The Morgan fingerprint density at radius 2 is 1.81 bits per heavy atom. The third-order valence-corrected chi connectivity index (χ3v) is 2.76. The van der Waals surface area contributed by atoms with E-state index in [4.69, 9.17) is 0 Å². The number of nitrogens with one attached hydrogen (secondary N) is 1. The number of anilines is 1. The highest BCUT2D eigenvalue weighted by molar-refractivity contribution is 5.61. The van der Waals surface area contributed by atoms with E-state index in [0.717, 1.165) is 24.8 Å². The van der Waals surface area contributed by atoms with Crippen molar-refractivity contribution in [2.45, 2.75) is 19.5 Å². The summed E-state index contributed by atoms with van der Waals surface area (Å²) < 4.78 is 51.2. The molecule has 2 rings (SSSR count). The van der Waals surface area contributed by atoms with Crippen LogP contribution in [0.15, 0.2) is 30.5 Å². The summed E-state index contributed by atoms with van der Waals surface area (Å²) >= 11 is 0. The minimum absolute atomic E-state index is 0.0303. The summed E-state index contributed by atoms with van der Waals surface area (Å²) in [5, 5.41) is 2.90. The molecule has 2 aromatic rings. The number of hydrogen-bond acceptors (Lipinski definition) is 3. The minimum Gasteiger partial charge on any atom is -0.354 e. The van der Waals surface area contributed by atoms with Crippen molar-refractivity contribution in [1.29, 1.82) is 0 Å². The Bertz CT molecular complexity index is 609. The SMILES string of the molecule is CCCNc1ncc(F)c(-c2ccc(C(F)(F)F)cc2)n1. The van der Waals surface area contributed by atoms with Crippen LogP contribution >= 0.6 is 0 Å². The third-order valence-electron chi connectivity index (χ3n) is 2.76.